The molecule has 1 amide bonds. The van der Waals surface area contributed by atoms with Crippen LogP contribution in [0.15, 0.2) is 47.6 Å². The lowest BCUT2D eigenvalue weighted by atomic mass is 10.1. The summed E-state index contributed by atoms with van der Waals surface area (Å²) >= 11 is 1.35. The minimum Gasteiger partial charge on any atom is -0.449 e. The average Bonchev–Trinajstić information content (AvgIpc) is 2.62. The second-order valence-electron chi connectivity index (χ2n) is 5.15. The Kier molecular flexibility index (Phi) is 6.37. The number of anilines is 1. The molecule has 2 rings (SSSR count). The van der Waals surface area contributed by atoms with Crippen molar-refractivity contribution >= 4 is 29.3 Å². The van der Waals surface area contributed by atoms with E-state index < -0.39 is 12.1 Å². The van der Waals surface area contributed by atoms with Crippen molar-refractivity contribution in [3.05, 3.63) is 53.7 Å². The molecule has 0 saturated heterocycles. The zero-order valence-electron chi connectivity index (χ0n) is 13.9. The first-order valence-corrected chi connectivity index (χ1v) is 8.87. The van der Waals surface area contributed by atoms with E-state index in [0.29, 0.717) is 16.3 Å². The van der Waals surface area contributed by atoms with Crippen molar-refractivity contribution in [2.75, 3.05) is 11.6 Å². The normalized spacial score (nSPS) is 11.6. The molecule has 0 spiro atoms. The molecule has 0 fully saturated rings. The number of benzene rings is 1. The molecule has 1 aromatic heterocycles. The fourth-order valence-electron chi connectivity index (χ4n) is 2.05. The summed E-state index contributed by atoms with van der Waals surface area (Å²) in [6.07, 6.45) is 3.47. The minimum atomic E-state index is -0.904. The van der Waals surface area contributed by atoms with Gasteiger partial charge < -0.3 is 10.1 Å². The molecular weight excluding hydrogens is 324 g/mol. The van der Waals surface area contributed by atoms with Crippen LogP contribution in [0.3, 0.4) is 0 Å². The summed E-state index contributed by atoms with van der Waals surface area (Å²) in [6.45, 7) is 3.61. The molecule has 5 nitrogen and oxygen atoms in total. The fourth-order valence-corrected chi connectivity index (χ4v) is 2.59. The van der Waals surface area contributed by atoms with Crippen molar-refractivity contribution in [2.45, 2.75) is 31.4 Å². The Labute approximate surface area is 145 Å². The van der Waals surface area contributed by atoms with Gasteiger partial charge in [-0.3, -0.25) is 4.79 Å². The average molecular weight is 344 g/mol. The Hall–Kier alpha value is -2.34. The molecule has 0 aliphatic rings. The Morgan fingerprint density at radius 1 is 1.25 bits per heavy atom. The fraction of sp³-hybridized carbons (Fsp3) is 0.278. The van der Waals surface area contributed by atoms with Gasteiger partial charge in [-0.15, -0.1) is 11.8 Å². The molecule has 1 atom stereocenters. The maximum atomic E-state index is 12.2. The monoisotopic (exact) mass is 344 g/mol. The number of hydrogen-bond donors (Lipinski definition) is 1. The molecule has 126 valence electrons. The van der Waals surface area contributed by atoms with Gasteiger partial charge in [0, 0.05) is 11.9 Å². The molecule has 0 radical (unpaired) electrons. The number of carbonyl (C=O) groups excluding carboxylic acids is 2. The molecule has 0 saturated carbocycles. The van der Waals surface area contributed by atoms with Crippen molar-refractivity contribution < 1.29 is 14.3 Å². The van der Waals surface area contributed by atoms with Crippen LogP contribution in [0.4, 0.5) is 5.69 Å². The van der Waals surface area contributed by atoms with Crippen LogP contribution in [0.25, 0.3) is 0 Å². The van der Waals surface area contributed by atoms with Crippen LogP contribution in [0.1, 0.15) is 29.8 Å². The smallest absolute Gasteiger partial charge is 0.341 e. The topological polar surface area (TPSA) is 68.3 Å². The summed E-state index contributed by atoms with van der Waals surface area (Å²) in [5, 5.41) is 3.32. The Balaban J connectivity index is 1.98. The Morgan fingerprint density at radius 2 is 1.96 bits per heavy atom. The van der Waals surface area contributed by atoms with Crippen molar-refractivity contribution in [1.29, 1.82) is 0 Å². The maximum Gasteiger partial charge on any atom is 0.341 e. The molecule has 1 heterocycles. The number of amides is 1. The van der Waals surface area contributed by atoms with Crippen LogP contribution in [0, 0.1) is 0 Å². The number of nitrogens with one attached hydrogen (secondary N) is 1. The molecule has 6 heteroatoms. The molecule has 0 aliphatic heterocycles. The number of nitrogens with zero attached hydrogens (tertiary/aromatic N) is 1. The zero-order valence-corrected chi connectivity index (χ0v) is 14.7. The SMILES string of the molecule is CCc1ccc(NC(=O)[C@H](C)OC(=O)c2cccnc2SC)cc1. The van der Waals surface area contributed by atoms with Gasteiger partial charge in [0.1, 0.15) is 5.03 Å². The Morgan fingerprint density at radius 3 is 2.58 bits per heavy atom. The van der Waals surface area contributed by atoms with E-state index in [-0.39, 0.29) is 5.91 Å². The van der Waals surface area contributed by atoms with Gasteiger partial charge in [-0.05, 0) is 49.4 Å². The highest BCUT2D eigenvalue weighted by molar-refractivity contribution is 7.98. The van der Waals surface area contributed by atoms with E-state index in [1.54, 1.807) is 25.3 Å². The van der Waals surface area contributed by atoms with E-state index in [1.165, 1.54) is 17.3 Å². The lowest BCUT2D eigenvalue weighted by Crippen LogP contribution is -2.30. The molecular formula is C18H20N2O3S. The Bertz CT molecular complexity index is 716. The number of carbonyl (C=O) groups is 2. The van der Waals surface area contributed by atoms with E-state index in [4.69, 9.17) is 4.74 Å². The van der Waals surface area contributed by atoms with Gasteiger partial charge in [-0.25, -0.2) is 9.78 Å². The number of thioether (sulfide) groups is 1. The van der Waals surface area contributed by atoms with E-state index in [0.717, 1.165) is 6.42 Å². The third kappa shape index (κ3) is 4.58. The maximum absolute atomic E-state index is 12.2. The summed E-state index contributed by atoms with van der Waals surface area (Å²) in [5.41, 5.74) is 2.22. The number of ether oxygens (including phenoxy) is 1. The number of aryl methyl sites for hydroxylation is 1. The summed E-state index contributed by atoms with van der Waals surface area (Å²) in [6, 6.07) is 10.9. The van der Waals surface area contributed by atoms with E-state index in [2.05, 4.69) is 17.2 Å². The van der Waals surface area contributed by atoms with Crippen molar-refractivity contribution in [2.24, 2.45) is 0 Å². The number of aromatic nitrogens is 1. The molecule has 1 N–H and O–H groups in total. The lowest BCUT2D eigenvalue weighted by Gasteiger charge is -2.14. The number of hydrogen-bond acceptors (Lipinski definition) is 5. The summed E-state index contributed by atoms with van der Waals surface area (Å²) in [4.78, 5) is 28.5. The first-order valence-electron chi connectivity index (χ1n) is 7.65. The quantitative estimate of drug-likeness (QED) is 0.641. The molecule has 1 aromatic carbocycles. The van der Waals surface area contributed by atoms with Crippen molar-refractivity contribution in [1.82, 2.24) is 4.98 Å². The van der Waals surface area contributed by atoms with Gasteiger partial charge in [0.25, 0.3) is 5.91 Å². The number of esters is 1. The second kappa shape index (κ2) is 8.49. The van der Waals surface area contributed by atoms with Gasteiger partial charge >= 0.3 is 5.97 Å². The van der Waals surface area contributed by atoms with Gasteiger partial charge in [0.15, 0.2) is 6.10 Å². The van der Waals surface area contributed by atoms with Crippen LogP contribution in [0.5, 0.6) is 0 Å². The summed E-state index contributed by atoms with van der Waals surface area (Å²) < 4.78 is 5.25. The summed E-state index contributed by atoms with van der Waals surface area (Å²) in [7, 11) is 0. The number of pyridine rings is 1. The molecule has 24 heavy (non-hydrogen) atoms. The minimum absolute atomic E-state index is 0.358. The lowest BCUT2D eigenvalue weighted by molar-refractivity contribution is -0.123. The predicted octanol–water partition coefficient (Wildman–Crippen LogP) is 3.55. The van der Waals surface area contributed by atoms with E-state index in [1.807, 2.05) is 30.5 Å². The predicted molar refractivity (Wildman–Crippen MR) is 95.3 cm³/mol. The zero-order chi connectivity index (χ0) is 17.5. The largest absolute Gasteiger partial charge is 0.449 e. The van der Waals surface area contributed by atoms with Gasteiger partial charge in [0.05, 0.1) is 5.56 Å². The highest BCUT2D eigenvalue weighted by Gasteiger charge is 2.21. The second-order valence-corrected chi connectivity index (χ2v) is 5.94. The van der Waals surface area contributed by atoms with Crippen LogP contribution < -0.4 is 5.32 Å². The van der Waals surface area contributed by atoms with Crippen molar-refractivity contribution in [3.8, 4) is 0 Å². The van der Waals surface area contributed by atoms with Crippen LogP contribution >= 0.6 is 11.8 Å². The van der Waals surface area contributed by atoms with Gasteiger partial charge in [-0.2, -0.15) is 0 Å². The van der Waals surface area contributed by atoms with Gasteiger partial charge in [0.2, 0.25) is 0 Å². The standard InChI is InChI=1S/C18H20N2O3S/c1-4-13-7-9-14(10-8-13)20-16(21)12(2)23-18(22)15-6-5-11-19-17(15)24-3/h5-12H,4H2,1-3H3,(H,20,21)/t12-/m0/s1. The van der Waals surface area contributed by atoms with Crippen LogP contribution in [-0.4, -0.2) is 29.2 Å². The van der Waals surface area contributed by atoms with Crippen molar-refractivity contribution in [3.63, 3.8) is 0 Å². The third-order valence-corrected chi connectivity index (χ3v) is 4.18. The van der Waals surface area contributed by atoms with Gasteiger partial charge in [-0.1, -0.05) is 19.1 Å². The summed E-state index contributed by atoms with van der Waals surface area (Å²) in [5.74, 6) is -0.932. The van der Waals surface area contributed by atoms with E-state index >= 15 is 0 Å². The molecule has 0 unspecified atom stereocenters. The molecule has 0 aliphatic carbocycles. The highest BCUT2D eigenvalue weighted by Crippen LogP contribution is 2.18. The highest BCUT2D eigenvalue weighted by atomic mass is 32.2. The van der Waals surface area contributed by atoms with Crippen LogP contribution in [-0.2, 0) is 16.0 Å². The number of rotatable bonds is 6. The third-order valence-electron chi connectivity index (χ3n) is 3.47. The molecule has 0 bridgehead atoms. The van der Waals surface area contributed by atoms with Crippen LogP contribution in [0.2, 0.25) is 0 Å². The first kappa shape index (κ1) is 18.0. The van der Waals surface area contributed by atoms with E-state index in [9.17, 15) is 9.59 Å². The molecule has 2 aromatic rings. The first-order chi connectivity index (χ1) is 11.5.